The second kappa shape index (κ2) is 6.17. The fourth-order valence-electron chi connectivity index (χ4n) is 2.07. The van der Waals surface area contributed by atoms with Crippen molar-refractivity contribution in [2.75, 3.05) is 25.0 Å². The number of hydrogen-bond donors (Lipinski definition) is 2. The van der Waals surface area contributed by atoms with Gasteiger partial charge in [-0.25, -0.2) is 9.78 Å². The van der Waals surface area contributed by atoms with E-state index in [9.17, 15) is 9.59 Å². The first kappa shape index (κ1) is 13.3. The quantitative estimate of drug-likeness (QED) is 0.853. The molecule has 0 radical (unpaired) electrons. The molecule has 1 aromatic rings. The summed E-state index contributed by atoms with van der Waals surface area (Å²) < 4.78 is 0. The van der Waals surface area contributed by atoms with E-state index in [0.717, 1.165) is 25.9 Å². The van der Waals surface area contributed by atoms with Crippen molar-refractivity contribution in [3.05, 3.63) is 23.9 Å². The zero-order valence-corrected chi connectivity index (χ0v) is 10.6. The molecule has 1 saturated heterocycles. The maximum absolute atomic E-state index is 11.9. The molecular weight excluding hydrogens is 246 g/mol. The largest absolute Gasteiger partial charge is 0.477 e. The molecular formula is C13H17N3O3. The van der Waals surface area contributed by atoms with Gasteiger partial charge >= 0.3 is 5.97 Å². The van der Waals surface area contributed by atoms with Crippen LogP contribution in [0.3, 0.4) is 0 Å². The van der Waals surface area contributed by atoms with Crippen LogP contribution < -0.4 is 5.32 Å². The van der Waals surface area contributed by atoms with E-state index >= 15 is 0 Å². The first-order chi connectivity index (χ1) is 9.16. The standard InChI is InChI=1S/C13H17N3O3/c17-12(16-7-2-1-3-8-16)9-14-11-6-4-5-10(15-11)13(18)19/h4-6H,1-3,7-9H2,(H,14,15)(H,18,19). The lowest BCUT2D eigenvalue weighted by Gasteiger charge is -2.26. The molecule has 2 heterocycles. The SMILES string of the molecule is O=C(O)c1cccc(NCC(=O)N2CCCCC2)n1. The maximum atomic E-state index is 11.9. The zero-order chi connectivity index (χ0) is 13.7. The van der Waals surface area contributed by atoms with E-state index in [0.29, 0.717) is 5.82 Å². The smallest absolute Gasteiger partial charge is 0.354 e. The summed E-state index contributed by atoms with van der Waals surface area (Å²) >= 11 is 0. The van der Waals surface area contributed by atoms with Gasteiger partial charge in [0, 0.05) is 13.1 Å². The summed E-state index contributed by atoms with van der Waals surface area (Å²) in [5.74, 6) is -0.640. The number of piperidine rings is 1. The number of carbonyl (C=O) groups is 2. The molecule has 0 aliphatic carbocycles. The number of pyridine rings is 1. The Morgan fingerprint density at radius 2 is 2.00 bits per heavy atom. The lowest BCUT2D eigenvalue weighted by atomic mass is 10.1. The molecule has 0 atom stereocenters. The minimum atomic E-state index is -1.08. The van der Waals surface area contributed by atoms with Crippen LogP contribution in [0.2, 0.25) is 0 Å². The third-order valence-corrected chi connectivity index (χ3v) is 3.10. The Hall–Kier alpha value is -2.11. The molecule has 0 aromatic carbocycles. The molecule has 1 aliphatic rings. The predicted octanol–water partition coefficient (Wildman–Crippen LogP) is 1.20. The monoisotopic (exact) mass is 263 g/mol. The zero-order valence-electron chi connectivity index (χ0n) is 10.6. The van der Waals surface area contributed by atoms with Crippen LogP contribution in [0.15, 0.2) is 18.2 Å². The summed E-state index contributed by atoms with van der Waals surface area (Å²) in [6.45, 7) is 1.77. The van der Waals surface area contributed by atoms with E-state index in [4.69, 9.17) is 5.11 Å². The Morgan fingerprint density at radius 1 is 1.26 bits per heavy atom. The minimum Gasteiger partial charge on any atom is -0.477 e. The summed E-state index contributed by atoms with van der Waals surface area (Å²) in [6, 6.07) is 4.67. The number of hydrogen-bond acceptors (Lipinski definition) is 4. The molecule has 0 spiro atoms. The third-order valence-electron chi connectivity index (χ3n) is 3.10. The van der Waals surface area contributed by atoms with E-state index in [1.54, 1.807) is 12.1 Å². The number of aromatic carboxylic acids is 1. The molecule has 0 saturated carbocycles. The number of nitrogens with zero attached hydrogens (tertiary/aromatic N) is 2. The van der Waals surface area contributed by atoms with Gasteiger partial charge in [-0.2, -0.15) is 0 Å². The van der Waals surface area contributed by atoms with Crippen molar-refractivity contribution in [1.82, 2.24) is 9.88 Å². The highest BCUT2D eigenvalue weighted by atomic mass is 16.4. The van der Waals surface area contributed by atoms with Crippen molar-refractivity contribution in [1.29, 1.82) is 0 Å². The Kier molecular flexibility index (Phi) is 4.33. The third kappa shape index (κ3) is 3.67. The summed E-state index contributed by atoms with van der Waals surface area (Å²) in [5, 5.41) is 11.7. The second-order valence-electron chi connectivity index (χ2n) is 4.51. The van der Waals surface area contributed by atoms with Crippen molar-refractivity contribution in [2.24, 2.45) is 0 Å². The highest BCUT2D eigenvalue weighted by Crippen LogP contribution is 2.09. The van der Waals surface area contributed by atoms with E-state index in [1.165, 1.54) is 12.5 Å². The molecule has 2 N–H and O–H groups in total. The average Bonchev–Trinajstić information content (AvgIpc) is 2.46. The molecule has 1 amide bonds. The van der Waals surface area contributed by atoms with Gasteiger partial charge in [0.05, 0.1) is 6.54 Å². The van der Waals surface area contributed by atoms with Gasteiger partial charge in [0.2, 0.25) is 5.91 Å². The lowest BCUT2D eigenvalue weighted by molar-refractivity contribution is -0.130. The van der Waals surface area contributed by atoms with Gasteiger partial charge in [-0.05, 0) is 31.4 Å². The number of amides is 1. The molecule has 19 heavy (non-hydrogen) atoms. The first-order valence-electron chi connectivity index (χ1n) is 6.39. The van der Waals surface area contributed by atoms with Gasteiger partial charge in [0.1, 0.15) is 5.82 Å². The van der Waals surface area contributed by atoms with Gasteiger partial charge in [-0.15, -0.1) is 0 Å². The minimum absolute atomic E-state index is 0.0298. The maximum Gasteiger partial charge on any atom is 0.354 e. The Labute approximate surface area is 111 Å². The van der Waals surface area contributed by atoms with Gasteiger partial charge in [-0.3, -0.25) is 4.79 Å². The average molecular weight is 263 g/mol. The van der Waals surface area contributed by atoms with Crippen LogP contribution in [-0.2, 0) is 4.79 Å². The van der Waals surface area contributed by atoms with Crippen molar-refractivity contribution >= 4 is 17.7 Å². The van der Waals surface area contributed by atoms with Crippen LogP contribution in [0, 0.1) is 0 Å². The van der Waals surface area contributed by atoms with Crippen molar-refractivity contribution in [3.8, 4) is 0 Å². The molecule has 0 unspecified atom stereocenters. The van der Waals surface area contributed by atoms with Gasteiger partial charge < -0.3 is 15.3 Å². The van der Waals surface area contributed by atoms with E-state index in [2.05, 4.69) is 10.3 Å². The molecule has 6 nitrogen and oxygen atoms in total. The Morgan fingerprint density at radius 3 is 2.68 bits per heavy atom. The number of likely N-dealkylation sites (tertiary alicyclic amines) is 1. The highest BCUT2D eigenvalue weighted by molar-refractivity contribution is 5.86. The van der Waals surface area contributed by atoms with Crippen LogP contribution in [-0.4, -0.2) is 46.5 Å². The van der Waals surface area contributed by atoms with Crippen LogP contribution >= 0.6 is 0 Å². The molecule has 1 aliphatic heterocycles. The molecule has 102 valence electrons. The summed E-state index contributed by atoms with van der Waals surface area (Å²) in [6.07, 6.45) is 3.29. The number of aromatic nitrogens is 1. The van der Waals surface area contributed by atoms with E-state index < -0.39 is 5.97 Å². The van der Waals surface area contributed by atoms with Crippen molar-refractivity contribution < 1.29 is 14.7 Å². The Balaban J connectivity index is 1.89. The highest BCUT2D eigenvalue weighted by Gasteiger charge is 2.16. The molecule has 1 fully saturated rings. The van der Waals surface area contributed by atoms with Crippen LogP contribution in [0.5, 0.6) is 0 Å². The fraction of sp³-hybridized carbons (Fsp3) is 0.462. The van der Waals surface area contributed by atoms with Crippen LogP contribution in [0.25, 0.3) is 0 Å². The summed E-state index contributed by atoms with van der Waals surface area (Å²) in [7, 11) is 0. The number of anilines is 1. The van der Waals surface area contributed by atoms with Gasteiger partial charge in [0.15, 0.2) is 5.69 Å². The van der Waals surface area contributed by atoms with Crippen LogP contribution in [0.4, 0.5) is 5.82 Å². The molecule has 0 bridgehead atoms. The normalized spacial score (nSPS) is 15.1. The topological polar surface area (TPSA) is 82.5 Å². The number of carbonyl (C=O) groups excluding carboxylic acids is 1. The fourth-order valence-corrected chi connectivity index (χ4v) is 2.07. The van der Waals surface area contributed by atoms with E-state index in [1.807, 2.05) is 4.90 Å². The molecule has 2 rings (SSSR count). The molecule has 6 heteroatoms. The number of carboxylic acids is 1. The first-order valence-corrected chi connectivity index (χ1v) is 6.39. The predicted molar refractivity (Wildman–Crippen MR) is 70.1 cm³/mol. The number of nitrogens with one attached hydrogen (secondary N) is 1. The number of carboxylic acid groups (broad SMARTS) is 1. The van der Waals surface area contributed by atoms with Gasteiger partial charge in [0.25, 0.3) is 0 Å². The summed E-state index contributed by atoms with van der Waals surface area (Å²) in [4.78, 5) is 28.4. The van der Waals surface area contributed by atoms with Crippen LogP contribution in [0.1, 0.15) is 29.8 Å². The van der Waals surface area contributed by atoms with Crippen molar-refractivity contribution in [2.45, 2.75) is 19.3 Å². The van der Waals surface area contributed by atoms with Gasteiger partial charge in [-0.1, -0.05) is 6.07 Å². The molecule has 1 aromatic heterocycles. The Bertz CT molecular complexity index is 470. The number of rotatable bonds is 4. The second-order valence-corrected chi connectivity index (χ2v) is 4.51. The summed E-state index contributed by atoms with van der Waals surface area (Å²) in [5.41, 5.74) is -0.0320. The van der Waals surface area contributed by atoms with Crippen molar-refractivity contribution in [3.63, 3.8) is 0 Å². The lowest BCUT2D eigenvalue weighted by Crippen LogP contribution is -2.39. The van der Waals surface area contributed by atoms with E-state index in [-0.39, 0.29) is 18.1 Å².